The summed E-state index contributed by atoms with van der Waals surface area (Å²) < 4.78 is 13.8. The van der Waals surface area contributed by atoms with Crippen LogP contribution in [0.25, 0.3) is 11.1 Å². The van der Waals surface area contributed by atoms with Gasteiger partial charge in [0.05, 0.1) is 30.5 Å². The average Bonchev–Trinajstić information content (AvgIpc) is 3.00. The molecule has 1 amide bonds. The summed E-state index contributed by atoms with van der Waals surface area (Å²) in [7, 11) is -0.457. The molecule has 1 heterocycles. The fraction of sp³-hybridized carbons (Fsp3) is 0.429. The van der Waals surface area contributed by atoms with E-state index >= 15 is 0 Å². The molecule has 2 aromatic carbocycles. The molecule has 3 aromatic rings. The zero-order chi connectivity index (χ0) is 33.8. The van der Waals surface area contributed by atoms with E-state index in [0.717, 1.165) is 25.7 Å². The predicted octanol–water partition coefficient (Wildman–Crippen LogP) is 7.90. The minimum absolute atomic E-state index is 0.0977. The molecule has 0 spiro atoms. The standard InChI is InChI=1S/C35H42ClN3O6Si/c1-35(2,3)46(5,6)45-27-15-7-22(8-16-27)17-30(33(41)38-26-13-10-23(11-14-26)34(42)43)39-21-31(44-4)29(19-32(39)40)28-18-25(36)12-9-24(28)20-37/h9-14,18-19,21-22,27,30H,7-8,15-17H2,1-6H3,(H,38,41)(H,42,43). The quantitative estimate of drug-likeness (QED) is 0.211. The van der Waals surface area contributed by atoms with Gasteiger partial charge in [-0.3, -0.25) is 14.2 Å². The number of nitrogens with zero attached hydrogens (tertiary/aromatic N) is 2. The second-order valence-electron chi connectivity index (χ2n) is 13.4. The number of hydrogen-bond acceptors (Lipinski definition) is 6. The van der Waals surface area contributed by atoms with E-state index in [1.165, 1.54) is 48.2 Å². The van der Waals surface area contributed by atoms with Crippen LogP contribution in [0.15, 0.2) is 59.5 Å². The van der Waals surface area contributed by atoms with Crippen LogP contribution in [0.3, 0.4) is 0 Å². The largest absolute Gasteiger partial charge is 0.495 e. The monoisotopic (exact) mass is 663 g/mol. The number of carboxylic acid groups (broad SMARTS) is 1. The highest BCUT2D eigenvalue weighted by Gasteiger charge is 2.40. The molecule has 1 aromatic heterocycles. The smallest absolute Gasteiger partial charge is 0.335 e. The molecule has 9 nitrogen and oxygen atoms in total. The first-order valence-corrected chi connectivity index (χ1v) is 18.7. The summed E-state index contributed by atoms with van der Waals surface area (Å²) in [5.74, 6) is -0.990. The van der Waals surface area contributed by atoms with Crippen molar-refractivity contribution in [1.29, 1.82) is 5.26 Å². The summed E-state index contributed by atoms with van der Waals surface area (Å²) in [5, 5.41) is 22.4. The zero-order valence-electron chi connectivity index (χ0n) is 27.2. The Morgan fingerprint density at radius 3 is 2.30 bits per heavy atom. The van der Waals surface area contributed by atoms with Gasteiger partial charge >= 0.3 is 5.97 Å². The van der Waals surface area contributed by atoms with Gasteiger partial charge in [-0.15, -0.1) is 0 Å². The first-order chi connectivity index (χ1) is 21.6. The molecule has 0 radical (unpaired) electrons. The highest BCUT2D eigenvalue weighted by Crippen LogP contribution is 2.41. The molecule has 1 fully saturated rings. The van der Waals surface area contributed by atoms with Gasteiger partial charge in [0, 0.05) is 34.0 Å². The van der Waals surface area contributed by atoms with Crippen molar-refractivity contribution in [3.05, 3.63) is 81.2 Å². The van der Waals surface area contributed by atoms with E-state index in [1.54, 1.807) is 18.2 Å². The number of anilines is 1. The van der Waals surface area contributed by atoms with Gasteiger partial charge < -0.3 is 19.6 Å². The van der Waals surface area contributed by atoms with E-state index in [2.05, 4.69) is 45.3 Å². The summed E-state index contributed by atoms with van der Waals surface area (Å²) in [6.07, 6.45) is 5.57. The number of amides is 1. The summed E-state index contributed by atoms with van der Waals surface area (Å²) in [4.78, 5) is 39.0. The van der Waals surface area contributed by atoms with Crippen LogP contribution in [0.4, 0.5) is 5.69 Å². The number of aromatic carboxylic acids is 1. The lowest BCUT2D eigenvalue weighted by atomic mass is 9.83. The van der Waals surface area contributed by atoms with Crippen LogP contribution in [0.1, 0.15) is 74.8 Å². The lowest BCUT2D eigenvalue weighted by molar-refractivity contribution is -0.120. The van der Waals surface area contributed by atoms with Crippen LogP contribution < -0.4 is 15.6 Å². The second-order valence-corrected chi connectivity index (χ2v) is 18.6. The Morgan fingerprint density at radius 1 is 1.09 bits per heavy atom. The number of rotatable bonds is 10. The Bertz CT molecular complexity index is 1680. The van der Waals surface area contributed by atoms with Crippen LogP contribution in [0.5, 0.6) is 5.75 Å². The number of methoxy groups -OCH3 is 1. The number of carboxylic acids is 1. The first-order valence-electron chi connectivity index (χ1n) is 15.5. The van der Waals surface area contributed by atoms with Crippen LogP contribution in [-0.4, -0.2) is 43.1 Å². The van der Waals surface area contributed by atoms with Crippen molar-refractivity contribution in [3.63, 3.8) is 0 Å². The zero-order valence-corrected chi connectivity index (χ0v) is 29.0. The number of hydrogen-bond donors (Lipinski definition) is 2. The second kappa shape index (κ2) is 14.2. The van der Waals surface area contributed by atoms with Gasteiger partial charge in [0.15, 0.2) is 8.32 Å². The molecule has 0 saturated heterocycles. The summed E-state index contributed by atoms with van der Waals surface area (Å²) in [5.41, 5.74) is 1.26. The van der Waals surface area contributed by atoms with Crippen molar-refractivity contribution in [2.75, 3.05) is 12.4 Å². The Balaban J connectivity index is 1.66. The molecule has 11 heteroatoms. The van der Waals surface area contributed by atoms with Crippen molar-refractivity contribution in [3.8, 4) is 22.9 Å². The Hall–Kier alpha value is -3.91. The number of ether oxygens (including phenoxy) is 1. The Labute approximate surface area is 276 Å². The third kappa shape index (κ3) is 8.08. The molecule has 1 aliphatic rings. The summed E-state index contributed by atoms with van der Waals surface area (Å²) in [6.45, 7) is 11.2. The normalized spacial score (nSPS) is 17.5. The van der Waals surface area contributed by atoms with Crippen molar-refractivity contribution >= 4 is 37.5 Å². The van der Waals surface area contributed by atoms with Gasteiger partial charge in [-0.1, -0.05) is 32.4 Å². The topological polar surface area (TPSA) is 131 Å². The van der Waals surface area contributed by atoms with E-state index in [1.807, 2.05) is 0 Å². The van der Waals surface area contributed by atoms with Crippen LogP contribution in [0, 0.1) is 17.2 Å². The van der Waals surface area contributed by atoms with E-state index in [4.69, 9.17) is 20.8 Å². The Kier molecular flexibility index (Phi) is 10.8. The van der Waals surface area contributed by atoms with Crippen LogP contribution >= 0.6 is 11.6 Å². The highest BCUT2D eigenvalue weighted by molar-refractivity contribution is 6.74. The van der Waals surface area contributed by atoms with E-state index in [9.17, 15) is 24.8 Å². The molecular weight excluding hydrogens is 622 g/mol. The SMILES string of the molecule is COc1cn(C(CC2CCC(O[Si](C)(C)C(C)(C)C)CC2)C(=O)Nc2ccc(C(=O)O)cc2)c(=O)cc1-c1cc(Cl)ccc1C#N. The summed E-state index contributed by atoms with van der Waals surface area (Å²) in [6, 6.07) is 13.3. The fourth-order valence-electron chi connectivity index (χ4n) is 5.65. The van der Waals surface area contributed by atoms with E-state index in [-0.39, 0.29) is 22.6 Å². The van der Waals surface area contributed by atoms with Crippen molar-refractivity contribution < 1.29 is 23.9 Å². The minimum Gasteiger partial charge on any atom is -0.495 e. The van der Waals surface area contributed by atoms with Gasteiger partial charge in [-0.25, -0.2) is 4.79 Å². The van der Waals surface area contributed by atoms with Gasteiger partial charge in [0.2, 0.25) is 5.91 Å². The van der Waals surface area contributed by atoms with Gasteiger partial charge in [0.1, 0.15) is 11.8 Å². The molecule has 0 aliphatic heterocycles. The molecular formula is C35H42ClN3O6Si. The molecule has 4 rings (SSSR count). The predicted molar refractivity (Wildman–Crippen MR) is 182 cm³/mol. The van der Waals surface area contributed by atoms with E-state index in [0.29, 0.717) is 39.6 Å². The number of benzene rings is 2. The molecule has 1 saturated carbocycles. The highest BCUT2D eigenvalue weighted by atomic mass is 35.5. The molecule has 1 aliphatic carbocycles. The van der Waals surface area contributed by atoms with E-state index < -0.39 is 31.8 Å². The molecule has 244 valence electrons. The van der Waals surface area contributed by atoms with Gasteiger partial charge in [-0.2, -0.15) is 5.26 Å². The van der Waals surface area contributed by atoms with Crippen LogP contribution in [-0.2, 0) is 9.22 Å². The average molecular weight is 664 g/mol. The van der Waals surface area contributed by atoms with Crippen molar-refractivity contribution in [1.82, 2.24) is 4.57 Å². The third-order valence-corrected chi connectivity index (χ3v) is 14.1. The number of carbonyl (C=O) groups is 2. The molecule has 46 heavy (non-hydrogen) atoms. The summed E-state index contributed by atoms with van der Waals surface area (Å²) >= 11 is 6.24. The number of halogens is 1. The lowest BCUT2D eigenvalue weighted by Gasteiger charge is -2.41. The lowest BCUT2D eigenvalue weighted by Crippen LogP contribution is -2.44. The number of carbonyl (C=O) groups excluding carboxylic acids is 1. The van der Waals surface area contributed by atoms with Gasteiger partial charge in [0.25, 0.3) is 5.56 Å². The fourth-order valence-corrected chi connectivity index (χ4v) is 7.24. The Morgan fingerprint density at radius 2 is 1.74 bits per heavy atom. The number of nitrogens with one attached hydrogen (secondary N) is 1. The maximum Gasteiger partial charge on any atom is 0.335 e. The molecule has 1 unspecified atom stereocenters. The molecule has 1 atom stereocenters. The molecule has 0 bridgehead atoms. The number of pyridine rings is 1. The molecule has 2 N–H and O–H groups in total. The number of aromatic nitrogens is 1. The third-order valence-electron chi connectivity index (χ3n) is 9.31. The maximum atomic E-state index is 13.9. The van der Waals surface area contributed by atoms with Crippen molar-refractivity contribution in [2.24, 2.45) is 5.92 Å². The first kappa shape index (κ1) is 35.0. The van der Waals surface area contributed by atoms with Gasteiger partial charge in [-0.05, 0) is 98.6 Å². The van der Waals surface area contributed by atoms with Crippen LogP contribution in [0.2, 0.25) is 23.2 Å². The van der Waals surface area contributed by atoms with Crippen molar-refractivity contribution in [2.45, 2.75) is 83.2 Å². The minimum atomic E-state index is -1.92. The maximum absolute atomic E-state index is 13.9. The number of nitriles is 1.